The van der Waals surface area contributed by atoms with E-state index in [0.717, 1.165) is 11.3 Å². The highest BCUT2D eigenvalue weighted by Crippen LogP contribution is 2.23. The molecule has 2 aromatic heterocycles. The summed E-state index contributed by atoms with van der Waals surface area (Å²) in [7, 11) is 1.86. The van der Waals surface area contributed by atoms with Gasteiger partial charge in [0.05, 0.1) is 12.2 Å². The summed E-state index contributed by atoms with van der Waals surface area (Å²) in [6.45, 7) is 0. The maximum absolute atomic E-state index is 5.98. The van der Waals surface area contributed by atoms with Gasteiger partial charge in [-0.2, -0.15) is 5.10 Å². The van der Waals surface area contributed by atoms with Crippen molar-refractivity contribution >= 4 is 15.9 Å². The zero-order chi connectivity index (χ0) is 10.1. The van der Waals surface area contributed by atoms with Crippen LogP contribution in [0.2, 0.25) is 0 Å². The summed E-state index contributed by atoms with van der Waals surface area (Å²) in [4.78, 5) is 0. The molecule has 4 nitrogen and oxygen atoms in total. The Balaban J connectivity index is 2.28. The third-order valence-corrected chi connectivity index (χ3v) is 2.41. The van der Waals surface area contributed by atoms with E-state index >= 15 is 0 Å². The minimum Gasteiger partial charge on any atom is -0.452 e. The van der Waals surface area contributed by atoms with Gasteiger partial charge in [-0.15, -0.1) is 0 Å². The summed E-state index contributed by atoms with van der Waals surface area (Å²) in [6, 6.07) is 3.42. The van der Waals surface area contributed by atoms with E-state index in [2.05, 4.69) is 21.0 Å². The first kappa shape index (κ1) is 9.48. The molecule has 1 unspecified atom stereocenters. The molecule has 0 fully saturated rings. The number of aromatic nitrogens is 2. The molecule has 2 rings (SSSR count). The molecule has 0 saturated heterocycles. The van der Waals surface area contributed by atoms with E-state index in [1.807, 2.05) is 25.4 Å². The minimum atomic E-state index is -0.255. The van der Waals surface area contributed by atoms with Crippen molar-refractivity contribution in [3.8, 4) is 0 Å². The maximum atomic E-state index is 5.98. The highest BCUT2D eigenvalue weighted by atomic mass is 79.9. The molecule has 0 aliphatic heterocycles. The molecule has 2 N–H and O–H groups in total. The van der Waals surface area contributed by atoms with Crippen LogP contribution in [0.25, 0.3) is 0 Å². The number of nitrogens with zero attached hydrogens (tertiary/aromatic N) is 2. The summed E-state index contributed by atoms with van der Waals surface area (Å²) >= 11 is 3.24. The van der Waals surface area contributed by atoms with E-state index in [-0.39, 0.29) is 6.04 Å². The fourth-order valence-corrected chi connectivity index (χ4v) is 1.58. The molecular formula is C9H10BrN3O. The monoisotopic (exact) mass is 255 g/mol. The second kappa shape index (κ2) is 3.59. The Kier molecular flexibility index (Phi) is 2.43. The van der Waals surface area contributed by atoms with E-state index in [9.17, 15) is 0 Å². The predicted octanol–water partition coefficient (Wildman–Crippen LogP) is 1.82. The molecule has 0 amide bonds. The van der Waals surface area contributed by atoms with Crippen molar-refractivity contribution in [3.05, 3.63) is 40.5 Å². The van der Waals surface area contributed by atoms with Gasteiger partial charge in [0.1, 0.15) is 5.76 Å². The number of hydrogen-bond donors (Lipinski definition) is 1. The van der Waals surface area contributed by atoms with Crippen LogP contribution in [0.15, 0.2) is 33.6 Å². The van der Waals surface area contributed by atoms with E-state index in [1.165, 1.54) is 0 Å². The summed E-state index contributed by atoms with van der Waals surface area (Å²) < 4.78 is 7.77. The lowest BCUT2D eigenvalue weighted by atomic mass is 10.1. The summed E-state index contributed by atoms with van der Waals surface area (Å²) in [6.07, 6.45) is 3.61. The molecule has 0 radical (unpaired) electrons. The zero-order valence-corrected chi connectivity index (χ0v) is 9.23. The van der Waals surface area contributed by atoms with Crippen LogP contribution in [-0.2, 0) is 7.05 Å². The van der Waals surface area contributed by atoms with Gasteiger partial charge in [-0.25, -0.2) is 0 Å². The first-order chi connectivity index (χ1) is 6.66. The van der Waals surface area contributed by atoms with E-state index in [0.29, 0.717) is 4.67 Å². The predicted molar refractivity (Wildman–Crippen MR) is 55.6 cm³/mol. The molecule has 0 aromatic carbocycles. The lowest BCUT2D eigenvalue weighted by Gasteiger charge is -2.04. The Bertz CT molecular complexity index is 394. The normalized spacial score (nSPS) is 13.1. The van der Waals surface area contributed by atoms with Crippen LogP contribution < -0.4 is 5.73 Å². The molecule has 1 atom stereocenters. The van der Waals surface area contributed by atoms with Crippen molar-refractivity contribution in [2.24, 2.45) is 12.8 Å². The highest BCUT2D eigenvalue weighted by molar-refractivity contribution is 9.10. The van der Waals surface area contributed by atoms with E-state index in [4.69, 9.17) is 10.2 Å². The largest absolute Gasteiger partial charge is 0.452 e. The van der Waals surface area contributed by atoms with Crippen molar-refractivity contribution in [2.75, 3.05) is 0 Å². The molecule has 0 aliphatic carbocycles. The van der Waals surface area contributed by atoms with Crippen molar-refractivity contribution < 1.29 is 4.42 Å². The lowest BCUT2D eigenvalue weighted by molar-refractivity contribution is 0.470. The molecule has 0 aliphatic rings. The van der Waals surface area contributed by atoms with Crippen LogP contribution in [0.3, 0.4) is 0 Å². The molecule has 0 saturated carbocycles. The van der Waals surface area contributed by atoms with Crippen LogP contribution in [-0.4, -0.2) is 9.78 Å². The number of furan rings is 1. The Morgan fingerprint density at radius 3 is 2.86 bits per heavy atom. The van der Waals surface area contributed by atoms with E-state index < -0.39 is 0 Å². The van der Waals surface area contributed by atoms with Crippen LogP contribution in [0.1, 0.15) is 17.4 Å². The molecule has 2 heterocycles. The SMILES string of the molecule is Cn1cc(C(N)c2ccc(Br)o2)cn1. The van der Waals surface area contributed by atoms with Crippen molar-refractivity contribution in [3.63, 3.8) is 0 Å². The van der Waals surface area contributed by atoms with Gasteiger partial charge in [-0.3, -0.25) is 4.68 Å². The van der Waals surface area contributed by atoms with Gasteiger partial charge in [0, 0.05) is 18.8 Å². The Morgan fingerprint density at radius 2 is 2.36 bits per heavy atom. The minimum absolute atomic E-state index is 0.255. The maximum Gasteiger partial charge on any atom is 0.169 e. The fourth-order valence-electron chi connectivity index (χ4n) is 1.26. The standard InChI is InChI=1S/C9H10BrN3O/c1-13-5-6(4-12-13)9(11)7-2-3-8(10)14-7/h2-5,9H,11H2,1H3. The van der Waals surface area contributed by atoms with Gasteiger partial charge < -0.3 is 10.2 Å². The fraction of sp³-hybridized carbons (Fsp3) is 0.222. The average Bonchev–Trinajstić information content (AvgIpc) is 2.73. The molecule has 2 aromatic rings. The van der Waals surface area contributed by atoms with Gasteiger partial charge >= 0.3 is 0 Å². The van der Waals surface area contributed by atoms with Crippen molar-refractivity contribution in [2.45, 2.75) is 6.04 Å². The quantitative estimate of drug-likeness (QED) is 0.891. The van der Waals surface area contributed by atoms with Crippen molar-refractivity contribution in [1.82, 2.24) is 9.78 Å². The van der Waals surface area contributed by atoms with Crippen LogP contribution in [0.5, 0.6) is 0 Å². The van der Waals surface area contributed by atoms with Crippen LogP contribution in [0.4, 0.5) is 0 Å². The molecular weight excluding hydrogens is 246 g/mol. The third kappa shape index (κ3) is 1.73. The smallest absolute Gasteiger partial charge is 0.169 e. The second-order valence-electron chi connectivity index (χ2n) is 3.07. The first-order valence-corrected chi connectivity index (χ1v) is 4.95. The van der Waals surface area contributed by atoms with E-state index in [1.54, 1.807) is 10.9 Å². The van der Waals surface area contributed by atoms with Gasteiger partial charge in [-0.05, 0) is 28.1 Å². The lowest BCUT2D eigenvalue weighted by Crippen LogP contribution is -2.09. The zero-order valence-electron chi connectivity index (χ0n) is 7.64. The first-order valence-electron chi connectivity index (χ1n) is 4.16. The van der Waals surface area contributed by atoms with Crippen molar-refractivity contribution in [1.29, 1.82) is 0 Å². The molecule has 74 valence electrons. The number of rotatable bonds is 2. The number of hydrogen-bond acceptors (Lipinski definition) is 3. The topological polar surface area (TPSA) is 57.0 Å². The number of nitrogens with two attached hydrogens (primary N) is 1. The summed E-state index contributed by atoms with van der Waals surface area (Å²) in [5, 5.41) is 4.05. The molecule has 14 heavy (non-hydrogen) atoms. The van der Waals surface area contributed by atoms with Crippen LogP contribution in [0, 0.1) is 0 Å². The number of halogens is 1. The van der Waals surface area contributed by atoms with Gasteiger partial charge in [0.2, 0.25) is 0 Å². The Morgan fingerprint density at radius 1 is 1.57 bits per heavy atom. The highest BCUT2D eigenvalue weighted by Gasteiger charge is 2.14. The molecule has 0 spiro atoms. The van der Waals surface area contributed by atoms with Gasteiger partial charge in [0.15, 0.2) is 4.67 Å². The summed E-state index contributed by atoms with van der Waals surface area (Å²) in [5.74, 6) is 0.727. The van der Waals surface area contributed by atoms with Gasteiger partial charge in [-0.1, -0.05) is 0 Å². The molecule has 5 heteroatoms. The molecule has 0 bridgehead atoms. The Labute approximate surface area is 89.8 Å². The number of aryl methyl sites for hydroxylation is 1. The second-order valence-corrected chi connectivity index (χ2v) is 3.85. The average molecular weight is 256 g/mol. The van der Waals surface area contributed by atoms with Crippen LogP contribution >= 0.6 is 15.9 Å². The van der Waals surface area contributed by atoms with Gasteiger partial charge in [0.25, 0.3) is 0 Å². The third-order valence-electron chi connectivity index (χ3n) is 1.98. The summed E-state index contributed by atoms with van der Waals surface area (Å²) in [5.41, 5.74) is 6.91. The Hall–Kier alpha value is -1.07.